The largest absolute Gasteiger partial charge is 0.490 e. The van der Waals surface area contributed by atoms with E-state index in [1.54, 1.807) is 0 Å². The Morgan fingerprint density at radius 2 is 1.78 bits per heavy atom. The van der Waals surface area contributed by atoms with Crippen LogP contribution in [-0.2, 0) is 11.3 Å². The van der Waals surface area contributed by atoms with Crippen LogP contribution in [0.5, 0.6) is 17.2 Å². The summed E-state index contributed by atoms with van der Waals surface area (Å²) in [5.74, 6) is 3.40. The van der Waals surface area contributed by atoms with E-state index in [0.29, 0.717) is 55.9 Å². The van der Waals surface area contributed by atoms with Crippen molar-refractivity contribution in [2.45, 2.75) is 54.0 Å². The highest BCUT2D eigenvalue weighted by Gasteiger charge is 2.29. The molecule has 1 aliphatic heterocycles. The SMILES string of the molecule is CCOc1cc(CNC(=O)C2CCCN(c3ncnc4oc(C)c(C)c34)C2)cc(OCC)c1OCC. The first-order valence-electron chi connectivity index (χ1n) is 12.7. The van der Waals surface area contributed by atoms with E-state index in [1.165, 1.54) is 6.33 Å². The molecule has 0 bridgehead atoms. The molecular weight excluding hydrogens is 460 g/mol. The van der Waals surface area contributed by atoms with Gasteiger partial charge in [0.1, 0.15) is 17.9 Å². The van der Waals surface area contributed by atoms with Crippen molar-refractivity contribution in [3.8, 4) is 17.2 Å². The summed E-state index contributed by atoms with van der Waals surface area (Å²) >= 11 is 0. The van der Waals surface area contributed by atoms with Crippen molar-refractivity contribution in [2.75, 3.05) is 37.8 Å². The zero-order valence-corrected chi connectivity index (χ0v) is 21.8. The topological polar surface area (TPSA) is 99.0 Å². The molecule has 4 rings (SSSR count). The lowest BCUT2D eigenvalue weighted by molar-refractivity contribution is -0.125. The second-order valence-corrected chi connectivity index (χ2v) is 8.88. The van der Waals surface area contributed by atoms with E-state index in [4.69, 9.17) is 18.6 Å². The van der Waals surface area contributed by atoms with Crippen molar-refractivity contribution in [2.24, 2.45) is 5.92 Å². The van der Waals surface area contributed by atoms with Gasteiger partial charge in [-0.25, -0.2) is 9.97 Å². The number of carbonyl (C=O) groups is 1. The molecule has 1 aliphatic rings. The van der Waals surface area contributed by atoms with Gasteiger partial charge in [-0.15, -0.1) is 0 Å². The standard InChI is InChI=1S/C27H36N4O5/c1-6-33-21-12-19(13-22(34-7-2)24(21)35-8-3)14-28-26(32)20-10-9-11-31(15-20)25-23-17(4)18(5)36-27(23)30-16-29-25/h12-13,16,20H,6-11,14-15H2,1-5H3,(H,28,32). The summed E-state index contributed by atoms with van der Waals surface area (Å²) in [4.78, 5) is 24.2. The molecule has 1 unspecified atom stereocenters. The van der Waals surface area contributed by atoms with E-state index < -0.39 is 0 Å². The number of ether oxygens (including phenoxy) is 3. The average molecular weight is 497 g/mol. The van der Waals surface area contributed by atoms with Crippen molar-refractivity contribution >= 4 is 22.8 Å². The second-order valence-electron chi connectivity index (χ2n) is 8.88. The molecule has 9 nitrogen and oxygen atoms in total. The molecule has 2 aromatic heterocycles. The van der Waals surface area contributed by atoms with E-state index in [-0.39, 0.29) is 11.8 Å². The Morgan fingerprint density at radius 3 is 2.44 bits per heavy atom. The number of aryl methyl sites for hydroxylation is 2. The van der Waals surface area contributed by atoms with Crippen molar-refractivity contribution in [3.63, 3.8) is 0 Å². The number of carbonyl (C=O) groups excluding carboxylic acids is 1. The number of benzene rings is 1. The lowest BCUT2D eigenvalue weighted by atomic mass is 9.96. The average Bonchev–Trinajstić information content (AvgIpc) is 3.18. The maximum atomic E-state index is 13.2. The van der Waals surface area contributed by atoms with Crippen LogP contribution in [0, 0.1) is 19.8 Å². The first-order chi connectivity index (χ1) is 17.5. The quantitative estimate of drug-likeness (QED) is 0.436. The summed E-state index contributed by atoms with van der Waals surface area (Å²) in [5.41, 5.74) is 2.53. The number of hydrogen-bond donors (Lipinski definition) is 1. The molecule has 1 amide bonds. The highest BCUT2D eigenvalue weighted by molar-refractivity contribution is 5.90. The number of nitrogens with one attached hydrogen (secondary N) is 1. The number of aromatic nitrogens is 2. The normalized spacial score (nSPS) is 15.7. The molecule has 1 aromatic carbocycles. The maximum absolute atomic E-state index is 13.2. The number of rotatable bonds is 10. The number of nitrogens with zero attached hydrogens (tertiary/aromatic N) is 3. The van der Waals surface area contributed by atoms with Crippen LogP contribution in [0.25, 0.3) is 11.1 Å². The van der Waals surface area contributed by atoms with Gasteiger partial charge in [0.25, 0.3) is 0 Å². The van der Waals surface area contributed by atoms with Crippen molar-refractivity contribution in [1.82, 2.24) is 15.3 Å². The highest BCUT2D eigenvalue weighted by Crippen LogP contribution is 2.39. The molecule has 0 aliphatic carbocycles. The van der Waals surface area contributed by atoms with Gasteiger partial charge in [-0.3, -0.25) is 4.79 Å². The lowest BCUT2D eigenvalue weighted by Gasteiger charge is -2.33. The third kappa shape index (κ3) is 5.34. The Balaban J connectivity index is 1.48. The molecule has 0 saturated carbocycles. The lowest BCUT2D eigenvalue weighted by Crippen LogP contribution is -2.43. The Labute approximate surface area is 212 Å². The molecule has 1 fully saturated rings. The van der Waals surface area contributed by atoms with Gasteiger partial charge in [0.15, 0.2) is 11.5 Å². The van der Waals surface area contributed by atoms with E-state index in [0.717, 1.165) is 47.5 Å². The van der Waals surface area contributed by atoms with Gasteiger partial charge in [-0.1, -0.05) is 0 Å². The highest BCUT2D eigenvalue weighted by atomic mass is 16.5. The van der Waals surface area contributed by atoms with Crippen LogP contribution in [0.1, 0.15) is 50.5 Å². The second kappa shape index (κ2) is 11.5. The van der Waals surface area contributed by atoms with Crippen LogP contribution < -0.4 is 24.4 Å². The molecule has 3 aromatic rings. The van der Waals surface area contributed by atoms with Crippen molar-refractivity contribution in [1.29, 1.82) is 0 Å². The summed E-state index contributed by atoms with van der Waals surface area (Å²) in [6, 6.07) is 3.82. The number of amides is 1. The van der Waals surface area contributed by atoms with Crippen LogP contribution in [0.15, 0.2) is 22.9 Å². The van der Waals surface area contributed by atoms with Crippen LogP contribution >= 0.6 is 0 Å². The maximum Gasteiger partial charge on any atom is 0.231 e. The van der Waals surface area contributed by atoms with Crippen LogP contribution in [0.3, 0.4) is 0 Å². The van der Waals surface area contributed by atoms with Crippen LogP contribution in [0.4, 0.5) is 5.82 Å². The number of piperidine rings is 1. The molecule has 1 saturated heterocycles. The van der Waals surface area contributed by atoms with E-state index in [9.17, 15) is 4.79 Å². The third-order valence-corrected chi connectivity index (χ3v) is 6.47. The molecule has 9 heteroatoms. The Kier molecular flexibility index (Phi) is 8.18. The first kappa shape index (κ1) is 25.6. The summed E-state index contributed by atoms with van der Waals surface area (Å²) in [5, 5.41) is 4.04. The first-order valence-corrected chi connectivity index (χ1v) is 12.7. The number of fused-ring (bicyclic) bond motifs is 1. The molecule has 36 heavy (non-hydrogen) atoms. The minimum Gasteiger partial charge on any atom is -0.490 e. The predicted octanol–water partition coefficient (Wildman–Crippen LogP) is 4.57. The molecule has 1 N–H and O–H groups in total. The molecule has 0 radical (unpaired) electrons. The molecule has 0 spiro atoms. The summed E-state index contributed by atoms with van der Waals surface area (Å²) in [6.07, 6.45) is 3.27. The fourth-order valence-electron chi connectivity index (χ4n) is 4.67. The van der Waals surface area contributed by atoms with Gasteiger partial charge in [-0.05, 0) is 65.2 Å². The van der Waals surface area contributed by atoms with E-state index in [2.05, 4.69) is 20.2 Å². The number of anilines is 1. The summed E-state index contributed by atoms with van der Waals surface area (Å²) < 4.78 is 23.2. The van der Waals surface area contributed by atoms with Crippen molar-refractivity contribution < 1.29 is 23.4 Å². The van der Waals surface area contributed by atoms with E-state index >= 15 is 0 Å². The van der Waals surface area contributed by atoms with Gasteiger partial charge in [0.05, 0.1) is 31.1 Å². The predicted molar refractivity (Wildman–Crippen MR) is 138 cm³/mol. The third-order valence-electron chi connectivity index (χ3n) is 6.47. The van der Waals surface area contributed by atoms with Gasteiger partial charge in [0.2, 0.25) is 17.4 Å². The molecule has 3 heterocycles. The van der Waals surface area contributed by atoms with Gasteiger partial charge < -0.3 is 28.8 Å². The molecular formula is C27H36N4O5. The molecule has 194 valence electrons. The zero-order chi connectivity index (χ0) is 25.7. The Hall–Kier alpha value is -3.49. The summed E-state index contributed by atoms with van der Waals surface area (Å²) in [7, 11) is 0. The zero-order valence-electron chi connectivity index (χ0n) is 21.8. The minimum atomic E-state index is -0.141. The van der Waals surface area contributed by atoms with Gasteiger partial charge in [-0.2, -0.15) is 0 Å². The summed E-state index contributed by atoms with van der Waals surface area (Å²) in [6.45, 7) is 13.1. The van der Waals surface area contributed by atoms with Crippen molar-refractivity contribution in [3.05, 3.63) is 35.3 Å². The van der Waals surface area contributed by atoms with Crippen LogP contribution in [0.2, 0.25) is 0 Å². The fourth-order valence-corrected chi connectivity index (χ4v) is 4.67. The fraction of sp³-hybridized carbons (Fsp3) is 0.519. The van der Waals surface area contributed by atoms with Gasteiger partial charge >= 0.3 is 0 Å². The van der Waals surface area contributed by atoms with Crippen LogP contribution in [-0.4, -0.2) is 48.8 Å². The Morgan fingerprint density at radius 1 is 1.08 bits per heavy atom. The smallest absolute Gasteiger partial charge is 0.231 e. The number of furan rings is 1. The molecule has 1 atom stereocenters. The van der Waals surface area contributed by atoms with E-state index in [1.807, 2.05) is 46.8 Å². The number of hydrogen-bond acceptors (Lipinski definition) is 8. The monoisotopic (exact) mass is 496 g/mol. The minimum absolute atomic E-state index is 0.0231. The Bertz CT molecular complexity index is 1180. The van der Waals surface area contributed by atoms with Gasteiger partial charge in [0, 0.05) is 25.2 Å².